The third kappa shape index (κ3) is 4.54. The highest BCUT2D eigenvalue weighted by Crippen LogP contribution is 2.40. The number of alkyl halides is 3. The number of nitrogens with zero attached hydrogens (tertiary/aromatic N) is 3. The molecular formula is C24H21F3N4O4S. The second-order valence-corrected chi connectivity index (χ2v) is 9.52. The number of rotatable bonds is 6. The summed E-state index contributed by atoms with van der Waals surface area (Å²) in [6.07, 6.45) is -4.54. The van der Waals surface area contributed by atoms with Crippen molar-refractivity contribution in [2.45, 2.75) is 43.9 Å². The third-order valence-electron chi connectivity index (χ3n) is 6.19. The van der Waals surface area contributed by atoms with E-state index in [0.29, 0.717) is 24.3 Å². The van der Waals surface area contributed by atoms with Crippen LogP contribution in [0.2, 0.25) is 0 Å². The smallest absolute Gasteiger partial charge is 0.417 e. The Hall–Kier alpha value is -3.85. The maximum atomic E-state index is 13.5. The van der Waals surface area contributed by atoms with Crippen molar-refractivity contribution >= 4 is 40.7 Å². The first kappa shape index (κ1) is 25.2. The van der Waals surface area contributed by atoms with Crippen molar-refractivity contribution in [3.05, 3.63) is 53.6 Å². The van der Waals surface area contributed by atoms with E-state index in [0.717, 1.165) is 17.0 Å². The fourth-order valence-corrected chi connectivity index (χ4v) is 4.58. The summed E-state index contributed by atoms with van der Waals surface area (Å²) in [6, 6.07) is 11.1. The molecule has 2 fully saturated rings. The molecule has 2 amide bonds. The van der Waals surface area contributed by atoms with E-state index >= 15 is 0 Å². The molecule has 0 atom stereocenters. The van der Waals surface area contributed by atoms with E-state index in [2.05, 4.69) is 5.32 Å². The maximum Gasteiger partial charge on any atom is 0.417 e. The highest BCUT2D eigenvalue weighted by molar-refractivity contribution is 7.81. The number of hydrogen-bond acceptors (Lipinski definition) is 5. The van der Waals surface area contributed by atoms with Crippen LogP contribution in [0.4, 0.5) is 29.3 Å². The molecule has 1 aliphatic carbocycles. The van der Waals surface area contributed by atoms with Gasteiger partial charge in [0.25, 0.3) is 5.91 Å². The average molecular weight is 519 g/mol. The Morgan fingerprint density at radius 2 is 1.81 bits per heavy atom. The number of hydrogen-bond donors (Lipinski definition) is 2. The predicted molar refractivity (Wildman–Crippen MR) is 128 cm³/mol. The van der Waals surface area contributed by atoms with E-state index in [1.165, 1.54) is 17.0 Å². The number of carbonyl (C=O) groups excluding carboxylic acids is 1. The standard InChI is InChI=1S/C24H21F3N4O4S/c1-22(2)19(32)30(16-4-3-14(12-28)18(11-16)24(25,26)27)21(36)31(22)15-5-7-17(8-6-15)35-13-23(9-10-23)29-20(33)34/h3-8,11,29H,9-10,13H2,1-2H3,(H,33,34). The van der Waals surface area contributed by atoms with Crippen molar-refractivity contribution in [1.29, 1.82) is 5.26 Å². The molecule has 1 saturated carbocycles. The molecule has 2 N–H and O–H groups in total. The fraction of sp³-hybridized carbons (Fsp3) is 0.333. The van der Waals surface area contributed by atoms with E-state index in [4.69, 9.17) is 27.3 Å². The Labute approximate surface area is 209 Å². The number of nitriles is 1. The monoisotopic (exact) mass is 518 g/mol. The zero-order chi connectivity index (χ0) is 26.5. The summed E-state index contributed by atoms with van der Waals surface area (Å²) in [5.74, 6) is -0.0497. The largest absolute Gasteiger partial charge is 0.491 e. The lowest BCUT2D eigenvalue weighted by Gasteiger charge is -2.29. The van der Waals surface area contributed by atoms with Crippen LogP contribution < -0.4 is 19.9 Å². The van der Waals surface area contributed by atoms with Gasteiger partial charge in [-0.1, -0.05) is 0 Å². The molecule has 1 aliphatic heterocycles. The first-order valence-corrected chi connectivity index (χ1v) is 11.2. The Bertz CT molecular complexity index is 1280. The molecule has 1 saturated heterocycles. The predicted octanol–water partition coefficient (Wildman–Crippen LogP) is 4.67. The van der Waals surface area contributed by atoms with Crippen LogP contribution in [0.5, 0.6) is 5.75 Å². The maximum absolute atomic E-state index is 13.5. The molecule has 1 heterocycles. The Morgan fingerprint density at radius 3 is 2.33 bits per heavy atom. The van der Waals surface area contributed by atoms with Gasteiger partial charge in [-0.2, -0.15) is 18.4 Å². The van der Waals surface area contributed by atoms with Gasteiger partial charge in [0.1, 0.15) is 17.9 Å². The van der Waals surface area contributed by atoms with E-state index in [-0.39, 0.29) is 17.4 Å². The Balaban J connectivity index is 1.58. The molecule has 0 spiro atoms. The van der Waals surface area contributed by atoms with Crippen LogP contribution in [0.3, 0.4) is 0 Å². The third-order valence-corrected chi connectivity index (χ3v) is 6.56. The molecular weight excluding hydrogens is 497 g/mol. The van der Waals surface area contributed by atoms with Gasteiger partial charge in [-0.15, -0.1) is 0 Å². The normalized spacial score (nSPS) is 18.1. The summed E-state index contributed by atoms with van der Waals surface area (Å²) in [5, 5.41) is 20.4. The average Bonchev–Trinajstić information content (AvgIpc) is 3.53. The highest BCUT2D eigenvalue weighted by Gasteiger charge is 2.51. The van der Waals surface area contributed by atoms with Crippen LogP contribution in [0.25, 0.3) is 0 Å². The molecule has 4 rings (SSSR count). The minimum absolute atomic E-state index is 0.0147. The van der Waals surface area contributed by atoms with Gasteiger partial charge in [-0.3, -0.25) is 9.69 Å². The van der Waals surface area contributed by atoms with Crippen LogP contribution in [-0.2, 0) is 11.0 Å². The van der Waals surface area contributed by atoms with Gasteiger partial charge < -0.3 is 20.1 Å². The molecule has 0 unspecified atom stereocenters. The number of amides is 2. The van der Waals surface area contributed by atoms with Gasteiger partial charge >= 0.3 is 12.3 Å². The van der Waals surface area contributed by atoms with Crippen LogP contribution >= 0.6 is 12.2 Å². The molecule has 8 nitrogen and oxygen atoms in total. The fourth-order valence-electron chi connectivity index (χ4n) is 4.06. The number of nitrogens with one attached hydrogen (secondary N) is 1. The lowest BCUT2D eigenvalue weighted by molar-refractivity contribution is -0.137. The molecule has 12 heteroatoms. The molecule has 2 aromatic carbocycles. The second kappa shape index (κ2) is 8.67. The SMILES string of the molecule is CC1(C)C(=O)N(c2ccc(C#N)c(C(F)(F)F)c2)C(=S)N1c1ccc(OCC2(NC(=O)O)CC2)cc1. The van der Waals surface area contributed by atoms with Crippen molar-refractivity contribution in [2.75, 3.05) is 16.4 Å². The number of anilines is 2. The topological polar surface area (TPSA) is 106 Å². The first-order valence-electron chi connectivity index (χ1n) is 10.8. The second-order valence-electron chi connectivity index (χ2n) is 9.15. The van der Waals surface area contributed by atoms with Gasteiger partial charge in [-0.25, -0.2) is 4.79 Å². The van der Waals surface area contributed by atoms with Crippen molar-refractivity contribution < 1.29 is 32.6 Å². The summed E-state index contributed by atoms with van der Waals surface area (Å²) in [4.78, 5) is 26.8. The zero-order valence-electron chi connectivity index (χ0n) is 19.2. The van der Waals surface area contributed by atoms with E-state index in [9.17, 15) is 22.8 Å². The van der Waals surface area contributed by atoms with Crippen LogP contribution in [0.1, 0.15) is 37.8 Å². The van der Waals surface area contributed by atoms with Crippen molar-refractivity contribution in [3.8, 4) is 11.8 Å². The molecule has 36 heavy (non-hydrogen) atoms. The van der Waals surface area contributed by atoms with Gasteiger partial charge in [0.05, 0.1) is 28.4 Å². The van der Waals surface area contributed by atoms with Crippen molar-refractivity contribution in [2.24, 2.45) is 0 Å². The summed E-state index contributed by atoms with van der Waals surface area (Å²) in [6.45, 7) is 3.38. The minimum Gasteiger partial charge on any atom is -0.491 e. The van der Waals surface area contributed by atoms with Gasteiger partial charge in [-0.05, 0) is 81.4 Å². The van der Waals surface area contributed by atoms with Crippen LogP contribution in [0, 0.1) is 11.3 Å². The number of ether oxygens (including phenoxy) is 1. The number of thiocarbonyl (C=S) groups is 1. The van der Waals surface area contributed by atoms with E-state index in [1.807, 2.05) is 0 Å². The molecule has 188 valence electrons. The number of carboxylic acid groups (broad SMARTS) is 1. The van der Waals surface area contributed by atoms with Gasteiger partial charge in [0, 0.05) is 5.69 Å². The van der Waals surface area contributed by atoms with E-state index in [1.54, 1.807) is 38.1 Å². The quantitative estimate of drug-likeness (QED) is 0.535. The Morgan fingerprint density at radius 1 is 1.19 bits per heavy atom. The van der Waals surface area contributed by atoms with Crippen molar-refractivity contribution in [1.82, 2.24) is 5.32 Å². The van der Waals surface area contributed by atoms with Crippen LogP contribution in [-0.4, -0.2) is 39.9 Å². The lowest BCUT2D eigenvalue weighted by Crippen LogP contribution is -2.44. The summed E-state index contributed by atoms with van der Waals surface area (Å²) in [7, 11) is 0. The van der Waals surface area contributed by atoms with Crippen molar-refractivity contribution in [3.63, 3.8) is 0 Å². The number of halogens is 3. The molecule has 0 aromatic heterocycles. The molecule has 0 radical (unpaired) electrons. The van der Waals surface area contributed by atoms with E-state index < -0.39 is 40.4 Å². The zero-order valence-corrected chi connectivity index (χ0v) is 20.0. The van der Waals surface area contributed by atoms with Gasteiger partial charge in [0.2, 0.25) is 0 Å². The molecule has 2 aliphatic rings. The number of benzene rings is 2. The Kier molecular flexibility index (Phi) is 6.08. The molecule has 0 bridgehead atoms. The summed E-state index contributed by atoms with van der Waals surface area (Å²) >= 11 is 5.52. The summed E-state index contributed by atoms with van der Waals surface area (Å²) < 4.78 is 46.2. The lowest BCUT2D eigenvalue weighted by atomic mass is 10.0. The highest BCUT2D eigenvalue weighted by atomic mass is 32.1. The molecule has 2 aromatic rings. The van der Waals surface area contributed by atoms with Crippen LogP contribution in [0.15, 0.2) is 42.5 Å². The first-order chi connectivity index (χ1) is 16.8. The minimum atomic E-state index is -4.78. The van der Waals surface area contributed by atoms with Gasteiger partial charge in [0.15, 0.2) is 5.11 Å². The number of carbonyl (C=O) groups is 2. The summed E-state index contributed by atoms with van der Waals surface area (Å²) in [5.41, 5.74) is -3.08.